The lowest BCUT2D eigenvalue weighted by atomic mass is 10.1. The van der Waals surface area contributed by atoms with Gasteiger partial charge in [0.25, 0.3) is 0 Å². The normalized spacial score (nSPS) is 13.1. The number of ether oxygens (including phenoxy) is 1. The van der Waals surface area contributed by atoms with Gasteiger partial charge in [-0.3, -0.25) is 5.41 Å². The van der Waals surface area contributed by atoms with Crippen molar-refractivity contribution in [2.45, 2.75) is 0 Å². The third-order valence-electron chi connectivity index (χ3n) is 3.74. The summed E-state index contributed by atoms with van der Waals surface area (Å²) < 4.78 is 6.08. The molecular formula is C18H13N3O. The maximum atomic E-state index is 7.98. The topological polar surface area (TPSA) is 71.5 Å². The molecule has 4 rings (SSSR count). The first-order valence-corrected chi connectivity index (χ1v) is 6.96. The van der Waals surface area contributed by atoms with Crippen LogP contribution in [0.15, 0.2) is 65.7 Å². The molecule has 0 aromatic heterocycles. The molecule has 4 heteroatoms. The molecular weight excluding hydrogens is 274 g/mol. The molecule has 0 saturated carbocycles. The molecule has 0 atom stereocenters. The molecule has 3 N–H and O–H groups in total. The molecule has 22 heavy (non-hydrogen) atoms. The second kappa shape index (κ2) is 4.70. The van der Waals surface area contributed by atoms with Crippen molar-refractivity contribution in [2.24, 2.45) is 10.7 Å². The van der Waals surface area contributed by atoms with Gasteiger partial charge in [0, 0.05) is 10.9 Å². The zero-order chi connectivity index (χ0) is 15.1. The molecule has 0 spiro atoms. The summed E-state index contributed by atoms with van der Waals surface area (Å²) in [5.74, 6) is 1.86. The first kappa shape index (κ1) is 12.6. The average Bonchev–Trinajstić information content (AvgIpc) is 2.83. The van der Waals surface area contributed by atoms with Gasteiger partial charge in [-0.15, -0.1) is 0 Å². The molecule has 0 aliphatic carbocycles. The fourth-order valence-corrected chi connectivity index (χ4v) is 2.71. The molecule has 4 nitrogen and oxygen atoms in total. The lowest BCUT2D eigenvalue weighted by molar-refractivity contribution is 0.487. The number of nitrogens with two attached hydrogens (primary N) is 1. The van der Waals surface area contributed by atoms with E-state index in [9.17, 15) is 0 Å². The molecule has 0 bridgehead atoms. The largest absolute Gasteiger partial charge is 0.456 e. The Morgan fingerprint density at radius 2 is 1.59 bits per heavy atom. The minimum absolute atomic E-state index is 0.142. The smallest absolute Gasteiger partial charge is 0.158 e. The van der Waals surface area contributed by atoms with E-state index in [1.54, 1.807) is 0 Å². The Labute approximate surface area is 127 Å². The van der Waals surface area contributed by atoms with Crippen LogP contribution in [0, 0.1) is 5.41 Å². The van der Waals surface area contributed by atoms with E-state index < -0.39 is 0 Å². The Balaban J connectivity index is 1.84. The number of fused-ring (bicyclic) bond motifs is 2. The van der Waals surface area contributed by atoms with Crippen molar-refractivity contribution in [1.82, 2.24) is 0 Å². The number of hydrogen-bond acceptors (Lipinski definition) is 3. The second-order valence-corrected chi connectivity index (χ2v) is 5.10. The first-order valence-electron chi connectivity index (χ1n) is 6.96. The number of hydrogen-bond donors (Lipinski definition) is 2. The average molecular weight is 287 g/mol. The van der Waals surface area contributed by atoms with Crippen molar-refractivity contribution >= 4 is 22.4 Å². The van der Waals surface area contributed by atoms with Crippen LogP contribution in [0.4, 0.5) is 0 Å². The van der Waals surface area contributed by atoms with E-state index in [-0.39, 0.29) is 5.84 Å². The van der Waals surface area contributed by atoms with Gasteiger partial charge in [-0.05, 0) is 17.5 Å². The SMILES string of the molecule is N=C1N=C(N)c2cccc(Oc3cccc4ccccc34)c21. The van der Waals surface area contributed by atoms with E-state index in [2.05, 4.69) is 4.99 Å². The van der Waals surface area contributed by atoms with Gasteiger partial charge < -0.3 is 10.5 Å². The summed E-state index contributed by atoms with van der Waals surface area (Å²) >= 11 is 0. The molecule has 0 amide bonds. The maximum Gasteiger partial charge on any atom is 0.158 e. The fraction of sp³-hybridized carbons (Fsp3) is 0. The van der Waals surface area contributed by atoms with E-state index in [4.69, 9.17) is 15.9 Å². The van der Waals surface area contributed by atoms with E-state index in [1.165, 1.54) is 0 Å². The fourth-order valence-electron chi connectivity index (χ4n) is 2.71. The van der Waals surface area contributed by atoms with Gasteiger partial charge in [0.05, 0.1) is 5.56 Å². The van der Waals surface area contributed by atoms with Crippen LogP contribution in [0.3, 0.4) is 0 Å². The molecule has 0 saturated heterocycles. The molecule has 0 fully saturated rings. The van der Waals surface area contributed by atoms with Crippen LogP contribution in [-0.2, 0) is 0 Å². The van der Waals surface area contributed by atoms with Crippen molar-refractivity contribution < 1.29 is 4.74 Å². The number of benzene rings is 3. The summed E-state index contributed by atoms with van der Waals surface area (Å²) in [5.41, 5.74) is 7.24. The quantitative estimate of drug-likeness (QED) is 0.754. The predicted octanol–water partition coefficient (Wildman–Crippen LogP) is 3.68. The molecule has 106 valence electrons. The van der Waals surface area contributed by atoms with Gasteiger partial charge in [0.1, 0.15) is 17.3 Å². The highest BCUT2D eigenvalue weighted by molar-refractivity contribution is 6.22. The van der Waals surface area contributed by atoms with Crippen LogP contribution in [0.2, 0.25) is 0 Å². The van der Waals surface area contributed by atoms with E-state index in [0.717, 1.165) is 22.1 Å². The lowest BCUT2D eigenvalue weighted by Crippen LogP contribution is -2.10. The minimum atomic E-state index is 0.142. The highest BCUT2D eigenvalue weighted by atomic mass is 16.5. The van der Waals surface area contributed by atoms with Gasteiger partial charge in [0.2, 0.25) is 0 Å². The summed E-state index contributed by atoms with van der Waals surface area (Å²) in [7, 11) is 0. The Morgan fingerprint density at radius 1 is 0.864 bits per heavy atom. The maximum absolute atomic E-state index is 7.98. The molecule has 0 unspecified atom stereocenters. The standard InChI is InChI=1S/C18H13N3O/c19-17-13-8-4-10-15(16(13)18(20)21-17)22-14-9-3-6-11-5-1-2-7-12(11)14/h1-10H,(H3,19,20,21). The zero-order valence-electron chi connectivity index (χ0n) is 11.7. The minimum Gasteiger partial charge on any atom is -0.456 e. The number of amidine groups is 2. The van der Waals surface area contributed by atoms with E-state index in [0.29, 0.717) is 17.1 Å². The van der Waals surface area contributed by atoms with Crippen LogP contribution < -0.4 is 10.5 Å². The van der Waals surface area contributed by atoms with E-state index in [1.807, 2.05) is 60.7 Å². The Hall–Kier alpha value is -3.14. The van der Waals surface area contributed by atoms with Crippen molar-refractivity contribution in [2.75, 3.05) is 0 Å². The monoisotopic (exact) mass is 287 g/mol. The number of rotatable bonds is 2. The van der Waals surface area contributed by atoms with Crippen molar-refractivity contribution in [1.29, 1.82) is 5.41 Å². The van der Waals surface area contributed by atoms with Crippen LogP contribution in [0.25, 0.3) is 10.8 Å². The van der Waals surface area contributed by atoms with Crippen molar-refractivity contribution in [3.8, 4) is 11.5 Å². The summed E-state index contributed by atoms with van der Waals surface area (Å²) in [6.45, 7) is 0. The molecule has 1 aliphatic rings. The van der Waals surface area contributed by atoms with Gasteiger partial charge in [0.15, 0.2) is 5.84 Å². The Morgan fingerprint density at radius 3 is 2.50 bits per heavy atom. The van der Waals surface area contributed by atoms with Crippen molar-refractivity contribution in [3.63, 3.8) is 0 Å². The van der Waals surface area contributed by atoms with Gasteiger partial charge in [-0.2, -0.15) is 0 Å². The second-order valence-electron chi connectivity index (χ2n) is 5.10. The van der Waals surface area contributed by atoms with Crippen LogP contribution in [-0.4, -0.2) is 11.7 Å². The molecule has 3 aromatic carbocycles. The Kier molecular flexibility index (Phi) is 2.69. The van der Waals surface area contributed by atoms with Crippen LogP contribution in [0.5, 0.6) is 11.5 Å². The highest BCUT2D eigenvalue weighted by Gasteiger charge is 2.23. The number of aliphatic imine (C=N–C) groups is 1. The van der Waals surface area contributed by atoms with Crippen molar-refractivity contribution in [3.05, 3.63) is 71.8 Å². The number of nitrogens with one attached hydrogen (secondary N) is 1. The zero-order valence-corrected chi connectivity index (χ0v) is 11.7. The molecule has 1 heterocycles. The Bertz CT molecular complexity index is 939. The van der Waals surface area contributed by atoms with E-state index >= 15 is 0 Å². The summed E-state index contributed by atoms with van der Waals surface area (Å²) in [6.07, 6.45) is 0. The molecule has 1 aliphatic heterocycles. The van der Waals surface area contributed by atoms with Gasteiger partial charge in [-0.1, -0.05) is 48.5 Å². The number of nitrogens with zero attached hydrogens (tertiary/aromatic N) is 1. The predicted molar refractivity (Wildman–Crippen MR) is 88.0 cm³/mol. The summed E-state index contributed by atoms with van der Waals surface area (Å²) in [4.78, 5) is 4.02. The van der Waals surface area contributed by atoms with Crippen LogP contribution in [0.1, 0.15) is 11.1 Å². The summed E-state index contributed by atoms with van der Waals surface area (Å²) in [5, 5.41) is 10.1. The third kappa shape index (κ3) is 1.85. The summed E-state index contributed by atoms with van der Waals surface area (Å²) in [6, 6.07) is 19.5. The molecule has 0 radical (unpaired) electrons. The van der Waals surface area contributed by atoms with Gasteiger partial charge in [-0.25, -0.2) is 4.99 Å². The lowest BCUT2D eigenvalue weighted by Gasteiger charge is -2.12. The highest BCUT2D eigenvalue weighted by Crippen LogP contribution is 2.34. The third-order valence-corrected chi connectivity index (χ3v) is 3.74. The van der Waals surface area contributed by atoms with Crippen LogP contribution >= 0.6 is 0 Å². The molecule has 3 aromatic rings. The van der Waals surface area contributed by atoms with Gasteiger partial charge >= 0.3 is 0 Å². The first-order chi connectivity index (χ1) is 10.7.